The molecule has 110 valence electrons. The van der Waals surface area contributed by atoms with Crippen molar-refractivity contribution in [1.29, 1.82) is 0 Å². The van der Waals surface area contributed by atoms with Crippen molar-refractivity contribution in [1.82, 2.24) is 19.3 Å². The van der Waals surface area contributed by atoms with Crippen LogP contribution in [0.5, 0.6) is 0 Å². The highest BCUT2D eigenvalue weighted by Crippen LogP contribution is 2.18. The van der Waals surface area contributed by atoms with E-state index in [1.54, 1.807) is 12.4 Å². The maximum atomic E-state index is 5.85. The van der Waals surface area contributed by atoms with Crippen LogP contribution in [0, 0.1) is 5.92 Å². The Labute approximate surface area is 120 Å². The van der Waals surface area contributed by atoms with E-state index in [4.69, 9.17) is 5.73 Å². The summed E-state index contributed by atoms with van der Waals surface area (Å²) in [6.45, 7) is 5.39. The van der Waals surface area contributed by atoms with Crippen molar-refractivity contribution < 1.29 is 0 Å². The van der Waals surface area contributed by atoms with Gasteiger partial charge in [0.1, 0.15) is 5.82 Å². The maximum absolute atomic E-state index is 5.85. The SMILES string of the molecule is CC(C)CC(CN(C)C)Nc1nc(N)cn2ccnc12. The number of nitrogen functional groups attached to an aromatic ring is 1. The normalized spacial score (nSPS) is 13.3. The lowest BCUT2D eigenvalue weighted by molar-refractivity contribution is 0.356. The Balaban J connectivity index is 2.25. The van der Waals surface area contributed by atoms with Crippen molar-refractivity contribution in [3.05, 3.63) is 18.6 Å². The van der Waals surface area contributed by atoms with Crippen LogP contribution >= 0.6 is 0 Å². The molecule has 0 saturated heterocycles. The Bertz CT molecular complexity index is 550. The highest BCUT2D eigenvalue weighted by molar-refractivity contribution is 5.65. The molecule has 6 nitrogen and oxygen atoms in total. The van der Waals surface area contributed by atoms with E-state index in [0.717, 1.165) is 24.4 Å². The Morgan fingerprint density at radius 2 is 2.15 bits per heavy atom. The zero-order valence-electron chi connectivity index (χ0n) is 12.7. The van der Waals surface area contributed by atoms with Crippen molar-refractivity contribution in [3.63, 3.8) is 0 Å². The molecule has 0 bridgehead atoms. The van der Waals surface area contributed by atoms with Crippen LogP contribution in [0.4, 0.5) is 11.6 Å². The van der Waals surface area contributed by atoms with Gasteiger partial charge in [-0.1, -0.05) is 13.8 Å². The van der Waals surface area contributed by atoms with E-state index in [2.05, 4.69) is 48.1 Å². The fraction of sp³-hybridized carbons (Fsp3) is 0.571. The molecule has 0 spiro atoms. The molecule has 2 heterocycles. The smallest absolute Gasteiger partial charge is 0.180 e. The predicted molar refractivity (Wildman–Crippen MR) is 82.8 cm³/mol. The lowest BCUT2D eigenvalue weighted by atomic mass is 10.0. The molecule has 0 radical (unpaired) electrons. The zero-order valence-corrected chi connectivity index (χ0v) is 12.7. The van der Waals surface area contributed by atoms with Crippen LogP contribution < -0.4 is 11.1 Å². The number of likely N-dealkylation sites (N-methyl/N-ethyl adjacent to an activating group) is 1. The summed E-state index contributed by atoms with van der Waals surface area (Å²) in [5.74, 6) is 1.86. The molecular formula is C14H24N6. The Morgan fingerprint density at radius 3 is 2.80 bits per heavy atom. The highest BCUT2D eigenvalue weighted by Gasteiger charge is 2.15. The molecule has 1 unspecified atom stereocenters. The first-order chi connectivity index (χ1) is 9.45. The minimum atomic E-state index is 0.319. The third-order valence-corrected chi connectivity index (χ3v) is 3.08. The molecule has 0 saturated carbocycles. The monoisotopic (exact) mass is 276 g/mol. The molecule has 0 aliphatic rings. The molecule has 0 amide bonds. The third kappa shape index (κ3) is 3.60. The second kappa shape index (κ2) is 6.09. The Hall–Kier alpha value is -1.82. The number of nitrogens with zero attached hydrogens (tertiary/aromatic N) is 4. The van der Waals surface area contributed by atoms with E-state index in [9.17, 15) is 0 Å². The van der Waals surface area contributed by atoms with Crippen molar-refractivity contribution in [3.8, 4) is 0 Å². The summed E-state index contributed by atoms with van der Waals surface area (Å²) in [6, 6.07) is 0.319. The summed E-state index contributed by atoms with van der Waals surface area (Å²) in [5, 5.41) is 3.50. The summed E-state index contributed by atoms with van der Waals surface area (Å²) >= 11 is 0. The Kier molecular flexibility index (Phi) is 4.44. The summed E-state index contributed by atoms with van der Waals surface area (Å²) in [7, 11) is 4.15. The average molecular weight is 276 g/mol. The van der Waals surface area contributed by atoms with Gasteiger partial charge in [-0.3, -0.25) is 0 Å². The fourth-order valence-electron chi connectivity index (χ4n) is 2.43. The van der Waals surface area contributed by atoms with E-state index in [0.29, 0.717) is 17.8 Å². The van der Waals surface area contributed by atoms with Gasteiger partial charge in [0.2, 0.25) is 0 Å². The van der Waals surface area contributed by atoms with Gasteiger partial charge in [0.05, 0.1) is 6.20 Å². The number of anilines is 2. The van der Waals surface area contributed by atoms with Gasteiger partial charge in [0.15, 0.2) is 11.5 Å². The van der Waals surface area contributed by atoms with E-state index < -0.39 is 0 Å². The van der Waals surface area contributed by atoms with Crippen LogP contribution in [0.3, 0.4) is 0 Å². The van der Waals surface area contributed by atoms with Gasteiger partial charge in [-0.2, -0.15) is 0 Å². The highest BCUT2D eigenvalue weighted by atomic mass is 15.2. The number of aromatic nitrogens is 3. The third-order valence-electron chi connectivity index (χ3n) is 3.08. The van der Waals surface area contributed by atoms with Gasteiger partial charge in [0, 0.05) is 25.0 Å². The number of nitrogens with two attached hydrogens (primary N) is 1. The second-order valence-corrected chi connectivity index (χ2v) is 5.91. The molecule has 0 aliphatic carbocycles. The van der Waals surface area contributed by atoms with E-state index in [1.807, 2.05) is 10.6 Å². The molecule has 0 aromatic carbocycles. The van der Waals surface area contributed by atoms with E-state index in [-0.39, 0.29) is 0 Å². The minimum absolute atomic E-state index is 0.319. The van der Waals surface area contributed by atoms with Gasteiger partial charge >= 0.3 is 0 Å². The van der Waals surface area contributed by atoms with Gasteiger partial charge in [-0.15, -0.1) is 0 Å². The molecule has 3 N–H and O–H groups in total. The molecule has 6 heteroatoms. The molecule has 2 aromatic rings. The van der Waals surface area contributed by atoms with Crippen LogP contribution in [0.15, 0.2) is 18.6 Å². The topological polar surface area (TPSA) is 71.5 Å². The van der Waals surface area contributed by atoms with Gasteiger partial charge in [0.25, 0.3) is 0 Å². The second-order valence-electron chi connectivity index (χ2n) is 5.91. The summed E-state index contributed by atoms with van der Waals surface area (Å²) in [5.41, 5.74) is 6.66. The predicted octanol–water partition coefficient (Wildman–Crippen LogP) is 1.70. The van der Waals surface area contributed by atoms with Crippen molar-refractivity contribution in [2.24, 2.45) is 5.92 Å². The first kappa shape index (κ1) is 14.6. The molecule has 0 aliphatic heterocycles. The van der Waals surface area contributed by atoms with E-state index >= 15 is 0 Å². The number of hydrogen-bond donors (Lipinski definition) is 2. The molecule has 1 atom stereocenters. The van der Waals surface area contributed by atoms with Crippen LogP contribution in [0.1, 0.15) is 20.3 Å². The Morgan fingerprint density at radius 1 is 1.40 bits per heavy atom. The standard InChI is InChI=1S/C14H24N6/c1-10(2)7-11(8-19(3)4)17-13-14-16-5-6-20(14)9-12(15)18-13/h5-6,9-11H,7-8,15H2,1-4H3,(H,17,18). The van der Waals surface area contributed by atoms with Gasteiger partial charge < -0.3 is 20.4 Å². The number of fused-ring (bicyclic) bond motifs is 1. The number of imidazole rings is 1. The molecule has 20 heavy (non-hydrogen) atoms. The molecule has 2 aromatic heterocycles. The van der Waals surface area contributed by atoms with E-state index in [1.165, 1.54) is 0 Å². The minimum Gasteiger partial charge on any atom is -0.382 e. The van der Waals surface area contributed by atoms with Crippen molar-refractivity contribution >= 4 is 17.3 Å². The number of rotatable bonds is 6. The average Bonchev–Trinajstić information content (AvgIpc) is 2.74. The van der Waals surface area contributed by atoms with Crippen molar-refractivity contribution in [2.75, 3.05) is 31.7 Å². The summed E-state index contributed by atoms with van der Waals surface area (Å²) < 4.78 is 1.90. The maximum Gasteiger partial charge on any atom is 0.180 e. The summed E-state index contributed by atoms with van der Waals surface area (Å²) in [4.78, 5) is 10.9. The van der Waals surface area contributed by atoms with Crippen LogP contribution in [0.2, 0.25) is 0 Å². The van der Waals surface area contributed by atoms with Crippen LogP contribution in [0.25, 0.3) is 5.65 Å². The van der Waals surface area contributed by atoms with Crippen LogP contribution in [-0.2, 0) is 0 Å². The van der Waals surface area contributed by atoms with Gasteiger partial charge in [-0.25, -0.2) is 9.97 Å². The molecular weight excluding hydrogens is 252 g/mol. The number of nitrogens with one attached hydrogen (secondary N) is 1. The largest absolute Gasteiger partial charge is 0.382 e. The first-order valence-corrected chi connectivity index (χ1v) is 6.96. The fourth-order valence-corrected chi connectivity index (χ4v) is 2.43. The van der Waals surface area contributed by atoms with Crippen molar-refractivity contribution in [2.45, 2.75) is 26.3 Å². The molecule has 2 rings (SSSR count). The zero-order chi connectivity index (χ0) is 14.7. The van der Waals surface area contributed by atoms with Gasteiger partial charge in [-0.05, 0) is 26.4 Å². The lowest BCUT2D eigenvalue weighted by Gasteiger charge is -2.24. The van der Waals surface area contributed by atoms with Crippen LogP contribution in [-0.4, -0.2) is 46.0 Å². The summed E-state index contributed by atoms with van der Waals surface area (Å²) in [6.07, 6.45) is 6.48. The molecule has 0 fully saturated rings. The lowest BCUT2D eigenvalue weighted by Crippen LogP contribution is -2.34. The quantitative estimate of drug-likeness (QED) is 0.840. The number of hydrogen-bond acceptors (Lipinski definition) is 5. The first-order valence-electron chi connectivity index (χ1n) is 6.96.